The zero-order chi connectivity index (χ0) is 12.4. The lowest BCUT2D eigenvalue weighted by atomic mass is 10.1. The molecule has 1 aromatic carbocycles. The summed E-state index contributed by atoms with van der Waals surface area (Å²) in [4.78, 5) is 9.45. The van der Waals surface area contributed by atoms with Crippen molar-refractivity contribution < 1.29 is 0 Å². The van der Waals surface area contributed by atoms with Crippen LogP contribution in [-0.4, -0.2) is 17.0 Å². The maximum atomic E-state index is 5.87. The van der Waals surface area contributed by atoms with Gasteiger partial charge in [-0.25, -0.2) is 4.98 Å². The minimum Gasteiger partial charge on any atom is -0.382 e. The number of anilines is 2. The Kier molecular flexibility index (Phi) is 3.04. The van der Waals surface area contributed by atoms with E-state index in [9.17, 15) is 0 Å². The number of aromatic nitrogens is 2. The van der Waals surface area contributed by atoms with Crippen molar-refractivity contribution >= 4 is 11.6 Å². The van der Waals surface area contributed by atoms with Crippen LogP contribution in [0.15, 0.2) is 24.3 Å². The number of H-pyrrole nitrogens is 1. The molecule has 2 aromatic rings. The third-order valence-electron chi connectivity index (χ3n) is 2.86. The number of rotatable bonds is 3. The van der Waals surface area contributed by atoms with Gasteiger partial charge in [-0.2, -0.15) is 0 Å². The maximum Gasteiger partial charge on any atom is 0.171 e. The fraction of sp³-hybridized carbons (Fsp3) is 0.308. The molecule has 3 N–H and O–H groups in total. The van der Waals surface area contributed by atoms with Gasteiger partial charge in [0.15, 0.2) is 5.82 Å². The number of imidazole rings is 1. The summed E-state index contributed by atoms with van der Waals surface area (Å²) >= 11 is 0. The Morgan fingerprint density at radius 3 is 2.59 bits per heavy atom. The largest absolute Gasteiger partial charge is 0.382 e. The van der Waals surface area contributed by atoms with Crippen molar-refractivity contribution in [2.45, 2.75) is 20.4 Å². The quantitative estimate of drug-likeness (QED) is 0.850. The predicted molar refractivity (Wildman–Crippen MR) is 71.0 cm³/mol. The smallest absolute Gasteiger partial charge is 0.171 e. The van der Waals surface area contributed by atoms with Crippen molar-refractivity contribution in [1.29, 1.82) is 0 Å². The van der Waals surface area contributed by atoms with Gasteiger partial charge in [0.2, 0.25) is 0 Å². The Balaban J connectivity index is 2.20. The van der Waals surface area contributed by atoms with Crippen molar-refractivity contribution in [2.24, 2.45) is 0 Å². The van der Waals surface area contributed by atoms with E-state index in [0.29, 0.717) is 5.82 Å². The summed E-state index contributed by atoms with van der Waals surface area (Å²) in [5, 5.41) is 0. The van der Waals surface area contributed by atoms with Crippen LogP contribution in [0.5, 0.6) is 0 Å². The van der Waals surface area contributed by atoms with Gasteiger partial charge >= 0.3 is 0 Å². The molecule has 0 fully saturated rings. The summed E-state index contributed by atoms with van der Waals surface area (Å²) in [6.45, 7) is 4.82. The molecule has 0 unspecified atom stereocenters. The Labute approximate surface area is 101 Å². The van der Waals surface area contributed by atoms with Gasteiger partial charge in [0.05, 0.1) is 0 Å². The number of nitrogens with two attached hydrogens (primary N) is 1. The molecular formula is C13H18N4. The lowest BCUT2D eigenvalue weighted by Gasteiger charge is -2.18. The van der Waals surface area contributed by atoms with Gasteiger partial charge in [-0.1, -0.05) is 24.3 Å². The molecule has 1 aromatic heterocycles. The Hall–Kier alpha value is -1.97. The lowest BCUT2D eigenvalue weighted by Crippen LogP contribution is -2.18. The molecule has 0 aliphatic rings. The third kappa shape index (κ3) is 2.41. The molecule has 4 heteroatoms. The van der Waals surface area contributed by atoms with Gasteiger partial charge in [-0.15, -0.1) is 0 Å². The van der Waals surface area contributed by atoms with Crippen LogP contribution in [-0.2, 0) is 6.54 Å². The zero-order valence-corrected chi connectivity index (χ0v) is 10.5. The molecule has 0 aliphatic carbocycles. The van der Waals surface area contributed by atoms with E-state index in [-0.39, 0.29) is 0 Å². The van der Waals surface area contributed by atoms with E-state index in [4.69, 9.17) is 5.73 Å². The van der Waals surface area contributed by atoms with Crippen LogP contribution in [0.1, 0.15) is 17.0 Å². The topological polar surface area (TPSA) is 57.9 Å². The van der Waals surface area contributed by atoms with Crippen LogP contribution in [0.4, 0.5) is 11.6 Å². The molecule has 4 nitrogen and oxygen atoms in total. The summed E-state index contributed by atoms with van der Waals surface area (Å²) in [6, 6.07) is 8.34. The van der Waals surface area contributed by atoms with Crippen LogP contribution < -0.4 is 10.6 Å². The predicted octanol–water partition coefficient (Wildman–Crippen LogP) is 2.25. The van der Waals surface area contributed by atoms with Gasteiger partial charge in [0, 0.05) is 13.6 Å². The number of aromatic amines is 1. The van der Waals surface area contributed by atoms with E-state index in [1.54, 1.807) is 0 Å². The molecule has 0 bridgehead atoms. The Morgan fingerprint density at radius 2 is 2.00 bits per heavy atom. The van der Waals surface area contributed by atoms with Crippen LogP contribution in [0.2, 0.25) is 0 Å². The highest BCUT2D eigenvalue weighted by atomic mass is 15.2. The summed E-state index contributed by atoms with van der Waals surface area (Å²) in [7, 11) is 2.00. The van der Waals surface area contributed by atoms with Crippen molar-refractivity contribution in [3.63, 3.8) is 0 Å². The highest BCUT2D eigenvalue weighted by Gasteiger charge is 2.11. The van der Waals surface area contributed by atoms with Gasteiger partial charge < -0.3 is 15.6 Å². The third-order valence-corrected chi connectivity index (χ3v) is 2.86. The van der Waals surface area contributed by atoms with E-state index < -0.39 is 0 Å². The number of hydrogen-bond donors (Lipinski definition) is 2. The molecule has 2 rings (SSSR count). The van der Waals surface area contributed by atoms with Crippen molar-refractivity contribution in [2.75, 3.05) is 17.7 Å². The van der Waals surface area contributed by atoms with E-state index in [0.717, 1.165) is 18.2 Å². The van der Waals surface area contributed by atoms with Crippen molar-refractivity contribution in [3.8, 4) is 0 Å². The Morgan fingerprint density at radius 1 is 1.29 bits per heavy atom. The normalized spacial score (nSPS) is 10.5. The molecule has 1 heterocycles. The number of nitrogens with zero attached hydrogens (tertiary/aromatic N) is 2. The molecule has 0 amide bonds. The molecular weight excluding hydrogens is 212 g/mol. The number of hydrogen-bond acceptors (Lipinski definition) is 3. The van der Waals surface area contributed by atoms with Gasteiger partial charge in [-0.3, -0.25) is 0 Å². The second-order valence-electron chi connectivity index (χ2n) is 4.34. The number of nitrogen functional groups attached to an aromatic ring is 1. The summed E-state index contributed by atoms with van der Waals surface area (Å²) in [5.74, 6) is 2.28. The molecule has 90 valence electrons. The average molecular weight is 230 g/mol. The second-order valence-corrected chi connectivity index (χ2v) is 4.34. The van der Waals surface area contributed by atoms with Gasteiger partial charge in [-0.05, 0) is 25.0 Å². The molecule has 0 spiro atoms. The standard InChI is InChI=1S/C13H18N4/c1-9-6-4-5-7-11(9)8-17(3)13-12(14)15-10(2)16-13/h4-7H,8,14H2,1-3H3,(H,15,16). The van der Waals surface area contributed by atoms with Crippen LogP contribution in [0, 0.1) is 13.8 Å². The first-order valence-corrected chi connectivity index (χ1v) is 5.65. The highest BCUT2D eigenvalue weighted by molar-refractivity contribution is 5.58. The summed E-state index contributed by atoms with van der Waals surface area (Å²) in [5.41, 5.74) is 8.44. The first-order chi connectivity index (χ1) is 8.08. The number of nitrogens with one attached hydrogen (secondary N) is 1. The highest BCUT2D eigenvalue weighted by Crippen LogP contribution is 2.21. The first kappa shape index (κ1) is 11.5. The molecule has 0 aliphatic heterocycles. The zero-order valence-electron chi connectivity index (χ0n) is 10.5. The molecule has 0 saturated heterocycles. The van der Waals surface area contributed by atoms with Crippen molar-refractivity contribution in [1.82, 2.24) is 9.97 Å². The van der Waals surface area contributed by atoms with E-state index in [1.807, 2.05) is 20.0 Å². The first-order valence-electron chi connectivity index (χ1n) is 5.65. The van der Waals surface area contributed by atoms with Gasteiger partial charge in [0.1, 0.15) is 11.6 Å². The van der Waals surface area contributed by atoms with Crippen molar-refractivity contribution in [3.05, 3.63) is 41.2 Å². The average Bonchev–Trinajstić information content (AvgIpc) is 2.61. The fourth-order valence-electron chi connectivity index (χ4n) is 1.91. The van der Waals surface area contributed by atoms with E-state index in [1.165, 1.54) is 11.1 Å². The van der Waals surface area contributed by atoms with Crippen LogP contribution >= 0.6 is 0 Å². The van der Waals surface area contributed by atoms with Crippen LogP contribution in [0.3, 0.4) is 0 Å². The minimum absolute atomic E-state index is 0.624. The number of benzene rings is 1. The summed E-state index contributed by atoms with van der Waals surface area (Å²) in [6.07, 6.45) is 0. The Bertz CT molecular complexity index is 516. The molecule has 0 saturated carbocycles. The molecule has 0 radical (unpaired) electrons. The van der Waals surface area contributed by atoms with E-state index in [2.05, 4.69) is 40.0 Å². The summed E-state index contributed by atoms with van der Waals surface area (Å²) < 4.78 is 0. The lowest BCUT2D eigenvalue weighted by molar-refractivity contribution is 0.895. The van der Waals surface area contributed by atoms with Crippen LogP contribution in [0.25, 0.3) is 0 Å². The fourth-order valence-corrected chi connectivity index (χ4v) is 1.91. The SMILES string of the molecule is Cc1nc(N(C)Cc2ccccc2C)c(N)[nH]1. The second kappa shape index (κ2) is 4.49. The molecule has 17 heavy (non-hydrogen) atoms. The van der Waals surface area contributed by atoms with Gasteiger partial charge in [0.25, 0.3) is 0 Å². The minimum atomic E-state index is 0.624. The number of aryl methyl sites for hydroxylation is 2. The molecule has 0 atom stereocenters. The van der Waals surface area contributed by atoms with E-state index >= 15 is 0 Å². The maximum absolute atomic E-state index is 5.87. The monoisotopic (exact) mass is 230 g/mol.